The second kappa shape index (κ2) is 3.72. The predicted molar refractivity (Wildman–Crippen MR) is 67.2 cm³/mol. The van der Waals surface area contributed by atoms with E-state index in [0.717, 1.165) is 26.9 Å². The summed E-state index contributed by atoms with van der Waals surface area (Å²) in [7, 11) is 0. The summed E-state index contributed by atoms with van der Waals surface area (Å²) >= 11 is 1.74. The van der Waals surface area contributed by atoms with Gasteiger partial charge in [0.1, 0.15) is 11.5 Å². The number of rotatable bonds is 1. The molecule has 2 aromatic carbocycles. The minimum absolute atomic E-state index is 0.918. The summed E-state index contributed by atoms with van der Waals surface area (Å²) in [6, 6.07) is 14.1. The van der Waals surface area contributed by atoms with Crippen LogP contribution < -0.4 is 4.74 Å². The zero-order valence-electron chi connectivity index (χ0n) is 8.64. The average molecular weight is 226 g/mol. The molecule has 78 valence electrons. The van der Waals surface area contributed by atoms with E-state index in [0.29, 0.717) is 0 Å². The van der Waals surface area contributed by atoms with E-state index in [1.807, 2.05) is 36.4 Å². The molecule has 0 spiro atoms. The van der Waals surface area contributed by atoms with E-state index in [1.165, 1.54) is 0 Å². The third kappa shape index (κ3) is 1.42. The van der Waals surface area contributed by atoms with Gasteiger partial charge in [-0.3, -0.25) is 0 Å². The second-order valence-corrected chi connectivity index (χ2v) is 4.58. The minimum Gasteiger partial charge on any atom is -0.455 e. The van der Waals surface area contributed by atoms with Gasteiger partial charge in [-0.05, 0) is 23.8 Å². The molecule has 0 atom stereocenters. The van der Waals surface area contributed by atoms with Crippen LogP contribution in [0.1, 0.15) is 5.56 Å². The minimum atomic E-state index is 0.918. The van der Waals surface area contributed by atoms with Gasteiger partial charge in [0.2, 0.25) is 0 Å². The van der Waals surface area contributed by atoms with Crippen molar-refractivity contribution in [2.24, 2.45) is 0 Å². The molecule has 2 aromatic rings. The van der Waals surface area contributed by atoms with Crippen LogP contribution in [0.25, 0.3) is 6.08 Å². The Morgan fingerprint density at radius 1 is 1.00 bits per heavy atom. The number of fused-ring (bicyclic) bond motifs is 2. The summed E-state index contributed by atoms with van der Waals surface area (Å²) in [4.78, 5) is 2.31. The highest BCUT2D eigenvalue weighted by atomic mass is 32.2. The van der Waals surface area contributed by atoms with Gasteiger partial charge in [0.15, 0.2) is 0 Å². The van der Waals surface area contributed by atoms with Crippen molar-refractivity contribution in [2.45, 2.75) is 9.79 Å². The molecule has 1 nitrogen and oxygen atoms in total. The van der Waals surface area contributed by atoms with Gasteiger partial charge in [-0.2, -0.15) is 0 Å². The van der Waals surface area contributed by atoms with Gasteiger partial charge >= 0.3 is 0 Å². The molecule has 3 rings (SSSR count). The first kappa shape index (κ1) is 9.55. The molecule has 1 aliphatic rings. The van der Waals surface area contributed by atoms with E-state index in [1.54, 1.807) is 11.8 Å². The highest BCUT2D eigenvalue weighted by Gasteiger charge is 2.18. The first-order valence-corrected chi connectivity index (χ1v) is 5.90. The molecule has 0 aliphatic carbocycles. The van der Waals surface area contributed by atoms with Crippen LogP contribution in [-0.4, -0.2) is 0 Å². The molecule has 0 unspecified atom stereocenters. The molecule has 0 saturated heterocycles. The predicted octanol–water partition coefficient (Wildman–Crippen LogP) is 4.59. The van der Waals surface area contributed by atoms with E-state index in [-0.39, 0.29) is 0 Å². The quantitative estimate of drug-likeness (QED) is 0.600. The normalized spacial score (nSPS) is 12.2. The molecular formula is C14H10OS. The lowest BCUT2D eigenvalue weighted by molar-refractivity contribution is 0.454. The van der Waals surface area contributed by atoms with E-state index < -0.39 is 0 Å². The Kier molecular flexibility index (Phi) is 2.22. The van der Waals surface area contributed by atoms with Crippen molar-refractivity contribution in [3.05, 3.63) is 54.6 Å². The standard InChI is InChI=1S/C14H10OS/c1-2-10-6-5-8-12-14(10)16-13-9-4-3-7-11(13)15-12/h2-9H,1H2. The Hall–Kier alpha value is -1.67. The molecule has 0 radical (unpaired) electrons. The van der Waals surface area contributed by atoms with Crippen LogP contribution in [0.4, 0.5) is 0 Å². The van der Waals surface area contributed by atoms with E-state index in [2.05, 4.69) is 18.7 Å². The lowest BCUT2D eigenvalue weighted by Gasteiger charge is -2.20. The molecular weight excluding hydrogens is 216 g/mol. The fourth-order valence-corrected chi connectivity index (χ4v) is 2.79. The van der Waals surface area contributed by atoms with E-state index in [9.17, 15) is 0 Å². The Morgan fingerprint density at radius 2 is 1.81 bits per heavy atom. The number of ether oxygens (including phenoxy) is 1. The summed E-state index contributed by atoms with van der Waals surface area (Å²) in [5.41, 5.74) is 1.12. The Labute approximate surface area is 98.8 Å². The van der Waals surface area contributed by atoms with Crippen molar-refractivity contribution >= 4 is 17.8 Å². The molecule has 0 bridgehead atoms. The maximum absolute atomic E-state index is 5.85. The first-order chi connectivity index (χ1) is 7.88. The van der Waals surface area contributed by atoms with Gasteiger partial charge in [0.25, 0.3) is 0 Å². The zero-order chi connectivity index (χ0) is 11.0. The van der Waals surface area contributed by atoms with Crippen LogP contribution in [0.2, 0.25) is 0 Å². The molecule has 0 fully saturated rings. The van der Waals surface area contributed by atoms with Crippen molar-refractivity contribution in [3.63, 3.8) is 0 Å². The van der Waals surface area contributed by atoms with Crippen molar-refractivity contribution in [1.82, 2.24) is 0 Å². The van der Waals surface area contributed by atoms with E-state index >= 15 is 0 Å². The second-order valence-electron chi connectivity index (χ2n) is 3.53. The van der Waals surface area contributed by atoms with Crippen molar-refractivity contribution in [1.29, 1.82) is 0 Å². The van der Waals surface area contributed by atoms with Gasteiger partial charge in [0, 0.05) is 0 Å². The van der Waals surface area contributed by atoms with Gasteiger partial charge in [-0.15, -0.1) is 0 Å². The Morgan fingerprint density at radius 3 is 2.69 bits per heavy atom. The third-order valence-electron chi connectivity index (χ3n) is 2.51. The molecule has 2 heteroatoms. The highest BCUT2D eigenvalue weighted by molar-refractivity contribution is 7.99. The van der Waals surface area contributed by atoms with Gasteiger partial charge < -0.3 is 4.74 Å². The van der Waals surface area contributed by atoms with Crippen LogP contribution in [0, 0.1) is 0 Å². The van der Waals surface area contributed by atoms with Crippen LogP contribution >= 0.6 is 11.8 Å². The summed E-state index contributed by atoms with van der Waals surface area (Å²) in [5.74, 6) is 1.85. The third-order valence-corrected chi connectivity index (χ3v) is 3.71. The number of hydrogen-bond donors (Lipinski definition) is 0. The van der Waals surface area contributed by atoms with E-state index in [4.69, 9.17) is 4.74 Å². The van der Waals surface area contributed by atoms with Crippen LogP contribution in [0.3, 0.4) is 0 Å². The number of para-hydroxylation sites is 1. The van der Waals surface area contributed by atoms with Gasteiger partial charge in [-0.1, -0.05) is 48.7 Å². The molecule has 0 amide bonds. The van der Waals surface area contributed by atoms with Crippen LogP contribution in [0.5, 0.6) is 11.5 Å². The number of hydrogen-bond acceptors (Lipinski definition) is 2. The van der Waals surface area contributed by atoms with Crippen molar-refractivity contribution in [2.75, 3.05) is 0 Å². The maximum atomic E-state index is 5.85. The van der Waals surface area contributed by atoms with Crippen molar-refractivity contribution in [3.8, 4) is 11.5 Å². The molecule has 0 aromatic heterocycles. The molecule has 0 N–H and O–H groups in total. The van der Waals surface area contributed by atoms with Crippen molar-refractivity contribution < 1.29 is 4.74 Å². The average Bonchev–Trinajstić information content (AvgIpc) is 2.35. The molecule has 1 heterocycles. The summed E-state index contributed by atoms with van der Waals surface area (Å²) in [5, 5.41) is 0. The monoisotopic (exact) mass is 226 g/mol. The van der Waals surface area contributed by atoms with Crippen LogP contribution in [-0.2, 0) is 0 Å². The summed E-state index contributed by atoms with van der Waals surface area (Å²) in [6.45, 7) is 3.83. The highest BCUT2D eigenvalue weighted by Crippen LogP contribution is 2.48. The topological polar surface area (TPSA) is 9.23 Å². The largest absolute Gasteiger partial charge is 0.455 e. The fraction of sp³-hybridized carbons (Fsp3) is 0. The molecule has 16 heavy (non-hydrogen) atoms. The first-order valence-electron chi connectivity index (χ1n) is 5.08. The van der Waals surface area contributed by atoms with Gasteiger partial charge in [0.05, 0.1) is 9.79 Å². The Bertz CT molecular complexity index is 560. The Balaban J connectivity index is 2.15. The zero-order valence-corrected chi connectivity index (χ0v) is 9.46. The summed E-state index contributed by atoms with van der Waals surface area (Å²) in [6.07, 6.45) is 1.86. The lowest BCUT2D eigenvalue weighted by atomic mass is 10.2. The van der Waals surface area contributed by atoms with Crippen LogP contribution in [0.15, 0.2) is 58.8 Å². The molecule has 0 saturated carbocycles. The maximum Gasteiger partial charge on any atom is 0.142 e. The summed E-state index contributed by atoms with van der Waals surface area (Å²) < 4.78 is 5.85. The fourth-order valence-electron chi connectivity index (χ4n) is 1.73. The lowest BCUT2D eigenvalue weighted by Crippen LogP contribution is -1.95. The SMILES string of the molecule is C=Cc1cccc2c1Sc1ccccc1O2. The molecule has 1 aliphatic heterocycles. The smallest absolute Gasteiger partial charge is 0.142 e. The number of benzene rings is 2. The van der Waals surface area contributed by atoms with Gasteiger partial charge in [-0.25, -0.2) is 0 Å².